The van der Waals surface area contributed by atoms with Crippen LogP contribution < -0.4 is 4.74 Å². The molecule has 1 aromatic carbocycles. The van der Waals surface area contributed by atoms with Crippen LogP contribution in [0, 0.1) is 5.89 Å². The molecule has 1 aliphatic heterocycles. The lowest BCUT2D eigenvalue weighted by Gasteiger charge is -2.58. The molecule has 3 atom stereocenters. The van der Waals surface area contributed by atoms with Gasteiger partial charge in [0.05, 0.1) is 11.2 Å². The summed E-state index contributed by atoms with van der Waals surface area (Å²) in [5, 5.41) is 0. The molecule has 2 aliphatic carbocycles. The first-order valence-corrected chi connectivity index (χ1v) is 6.34. The van der Waals surface area contributed by atoms with E-state index in [9.17, 15) is 1.37 Å². The highest BCUT2D eigenvalue weighted by molar-refractivity contribution is 5.45. The SMILES string of the molecule is [2H]c1c([2H])c(OC)c([2H])c2c1CC1N(C)C([2H])([2H])C([2H])([2H])[C@]23C([2H])([2H])C([2H])([2H])C([2H])([2H])C([2H])([2H])[C@]13[2H]. The molecular formula is C18H25NO. The molecule has 0 spiro atoms. The van der Waals surface area contributed by atoms with Gasteiger partial charge in [-0.05, 0) is 68.2 Å². The molecular weight excluding hydrogens is 246 g/mol. The standard InChI is InChI=1S/C18H25NO/c1-19-10-9-18-8-4-3-5-15(18)17(19)11-13-6-7-14(20-2)12-16(13)18/h6-7,12,15,17H,3-5,8-11H2,1-2H3/t15-,17?,18+/m1/s1/i3D2,4D2,5D2,6D,7D,8D2,9D2,10D2,12D,15D. The summed E-state index contributed by atoms with van der Waals surface area (Å²) in [5.41, 5.74) is -4.68. The average Bonchev–Trinajstić information content (AvgIpc) is 2.74. The van der Waals surface area contributed by atoms with Gasteiger partial charge in [0.15, 0.2) is 0 Å². The normalized spacial score (nSPS) is 66.6. The predicted molar refractivity (Wildman–Crippen MR) is 81.4 cm³/mol. The Balaban J connectivity index is 2.43. The van der Waals surface area contributed by atoms with Crippen LogP contribution in [0.15, 0.2) is 18.1 Å². The number of likely N-dealkylation sites (tertiary alicyclic amines) is 1. The largest absolute Gasteiger partial charge is 0.497 e. The van der Waals surface area contributed by atoms with Crippen LogP contribution in [0.4, 0.5) is 0 Å². The fraction of sp³-hybridized carbons (Fsp3) is 0.667. The summed E-state index contributed by atoms with van der Waals surface area (Å²) >= 11 is 0. The Hall–Kier alpha value is -1.02. The van der Waals surface area contributed by atoms with Crippen LogP contribution in [-0.4, -0.2) is 31.6 Å². The number of methoxy groups -OCH3 is 1. The Morgan fingerprint density at radius 2 is 2.35 bits per heavy atom. The van der Waals surface area contributed by atoms with Crippen LogP contribution >= 0.6 is 0 Å². The fourth-order valence-electron chi connectivity index (χ4n) is 2.94. The van der Waals surface area contributed by atoms with Gasteiger partial charge in [0.1, 0.15) is 5.75 Å². The number of benzene rings is 1. The fourth-order valence-corrected chi connectivity index (χ4v) is 2.94. The zero-order chi connectivity index (χ0) is 28.0. The molecule has 2 fully saturated rings. The summed E-state index contributed by atoms with van der Waals surface area (Å²) in [5.74, 6) is -3.89. The van der Waals surface area contributed by atoms with Gasteiger partial charge in [0.25, 0.3) is 0 Å². The number of nitrogens with zero attached hydrogens (tertiary/aromatic N) is 1. The molecule has 20 heavy (non-hydrogen) atoms. The number of likely N-dealkylation sites (N-methyl/N-ethyl adjacent to an activating group) is 1. The van der Waals surface area contributed by atoms with Gasteiger partial charge in [-0.15, -0.1) is 0 Å². The minimum Gasteiger partial charge on any atom is -0.497 e. The summed E-state index contributed by atoms with van der Waals surface area (Å²) < 4.78 is 145. The van der Waals surface area contributed by atoms with Crippen LogP contribution in [0.2, 0.25) is 0 Å². The molecule has 1 heterocycles. The Morgan fingerprint density at radius 3 is 3.20 bits per heavy atom. The highest BCUT2D eigenvalue weighted by atomic mass is 16.5. The molecule has 1 saturated carbocycles. The number of piperidine rings is 1. The first-order valence-electron chi connectivity index (χ1n) is 14.3. The molecule has 0 amide bonds. The molecule has 0 N–H and O–H groups in total. The van der Waals surface area contributed by atoms with E-state index < -0.39 is 91.6 Å². The third-order valence-corrected chi connectivity index (χ3v) is 3.98. The number of hydrogen-bond acceptors (Lipinski definition) is 2. The maximum atomic E-state index is 9.51. The van der Waals surface area contributed by atoms with Crippen LogP contribution in [0.3, 0.4) is 0 Å². The molecule has 1 saturated heterocycles. The second kappa shape index (κ2) is 4.49. The zero-order valence-electron chi connectivity index (χ0n) is 27.1. The summed E-state index contributed by atoms with van der Waals surface area (Å²) in [7, 11) is 2.07. The van der Waals surface area contributed by atoms with Crippen molar-refractivity contribution < 1.29 is 26.7 Å². The molecule has 2 bridgehead atoms. The van der Waals surface area contributed by atoms with Gasteiger partial charge in [-0.3, -0.25) is 0 Å². The van der Waals surface area contributed by atoms with E-state index in [2.05, 4.69) is 0 Å². The number of hydrogen-bond donors (Lipinski definition) is 0. The number of fused-ring (bicyclic) bond motifs is 1. The van der Waals surface area contributed by atoms with E-state index >= 15 is 0 Å². The Kier molecular flexibility index (Phi) is 0.955. The van der Waals surface area contributed by atoms with Crippen LogP contribution in [0.5, 0.6) is 5.75 Å². The lowest BCUT2D eigenvalue weighted by atomic mass is 9.52. The molecule has 2 heteroatoms. The first-order chi connectivity index (χ1) is 15.9. The summed E-state index contributed by atoms with van der Waals surface area (Å²) in [6, 6.07) is -3.96. The van der Waals surface area contributed by atoms with Crippen molar-refractivity contribution >= 4 is 0 Å². The molecule has 0 aromatic heterocycles. The first kappa shape index (κ1) is 4.25. The average molecular weight is 288 g/mol. The van der Waals surface area contributed by atoms with Gasteiger partial charge in [0, 0.05) is 29.3 Å². The second-order valence-electron chi connectivity index (χ2n) is 4.99. The van der Waals surface area contributed by atoms with Gasteiger partial charge in [-0.25, -0.2) is 0 Å². The predicted octanol–water partition coefficient (Wildman–Crippen LogP) is 3.38. The minimum absolute atomic E-state index is 0.331. The number of ether oxygens (including phenoxy) is 1. The van der Waals surface area contributed by atoms with Gasteiger partial charge < -0.3 is 9.64 Å². The third-order valence-electron chi connectivity index (χ3n) is 3.98. The Labute approximate surface area is 144 Å². The van der Waals surface area contributed by atoms with Crippen LogP contribution in [0.1, 0.15) is 64.9 Å². The van der Waals surface area contributed by atoms with E-state index in [0.717, 1.165) is 14.2 Å². The van der Waals surface area contributed by atoms with Crippen LogP contribution in [0.25, 0.3) is 0 Å². The number of rotatable bonds is 1. The van der Waals surface area contributed by atoms with E-state index in [0.29, 0.717) is 4.90 Å². The van der Waals surface area contributed by atoms with Gasteiger partial charge in [-0.2, -0.15) is 0 Å². The van der Waals surface area contributed by atoms with Crippen molar-refractivity contribution in [3.8, 4) is 5.75 Å². The monoisotopic (exact) mass is 287 g/mol. The maximum Gasteiger partial charge on any atom is 0.119 e. The van der Waals surface area contributed by atoms with Crippen molar-refractivity contribution in [3.05, 3.63) is 29.3 Å². The van der Waals surface area contributed by atoms with Crippen LogP contribution in [-0.2, 0) is 11.8 Å². The molecule has 3 aliphatic rings. The quantitative estimate of drug-likeness (QED) is 0.785. The zero-order valence-corrected chi connectivity index (χ0v) is 11.1. The molecule has 108 valence electrons. The van der Waals surface area contributed by atoms with E-state index in [-0.39, 0.29) is 5.56 Å². The van der Waals surface area contributed by atoms with E-state index in [1.807, 2.05) is 0 Å². The van der Waals surface area contributed by atoms with Crippen molar-refractivity contribution in [1.82, 2.24) is 4.90 Å². The van der Waals surface area contributed by atoms with Gasteiger partial charge in [0.2, 0.25) is 0 Å². The molecule has 2 nitrogen and oxygen atoms in total. The van der Waals surface area contributed by atoms with Crippen molar-refractivity contribution in [1.29, 1.82) is 0 Å². The van der Waals surface area contributed by atoms with E-state index in [1.54, 1.807) is 0 Å². The maximum absolute atomic E-state index is 9.51. The Bertz CT molecular complexity index is 1160. The molecule has 0 radical (unpaired) electrons. The topological polar surface area (TPSA) is 12.5 Å². The van der Waals surface area contributed by atoms with E-state index in [1.165, 1.54) is 0 Å². The second-order valence-corrected chi connectivity index (χ2v) is 4.99. The lowest BCUT2D eigenvalue weighted by Crippen LogP contribution is -2.59. The smallest absolute Gasteiger partial charge is 0.119 e. The highest BCUT2D eigenvalue weighted by Gasteiger charge is 2.53. The van der Waals surface area contributed by atoms with Crippen molar-refractivity contribution in [3.63, 3.8) is 0 Å². The molecule has 4 rings (SSSR count). The van der Waals surface area contributed by atoms with E-state index in [4.69, 9.17) is 25.3 Å². The van der Waals surface area contributed by atoms with Crippen molar-refractivity contribution in [2.45, 2.75) is 49.7 Å². The molecule has 1 unspecified atom stereocenters. The summed E-state index contributed by atoms with van der Waals surface area (Å²) in [4.78, 5) is 0.670. The molecule has 1 aromatic rings. The minimum atomic E-state index is -3.85. The summed E-state index contributed by atoms with van der Waals surface area (Å²) in [6.45, 7) is -3.16. The third kappa shape index (κ3) is 1.60. The Morgan fingerprint density at radius 1 is 1.45 bits per heavy atom. The van der Waals surface area contributed by atoms with Crippen molar-refractivity contribution in [2.24, 2.45) is 5.89 Å². The lowest BCUT2D eigenvalue weighted by molar-refractivity contribution is 0.00274. The van der Waals surface area contributed by atoms with Gasteiger partial charge >= 0.3 is 0 Å². The van der Waals surface area contributed by atoms with Crippen molar-refractivity contribution in [2.75, 3.05) is 20.7 Å². The van der Waals surface area contributed by atoms with Gasteiger partial charge in [-0.1, -0.05) is 18.8 Å². The summed E-state index contributed by atoms with van der Waals surface area (Å²) in [6.07, 6.45) is -19.3. The highest BCUT2D eigenvalue weighted by Crippen LogP contribution is 2.55.